The van der Waals surface area contributed by atoms with E-state index in [1.54, 1.807) is 0 Å². The number of fused-ring (bicyclic) bond motifs is 1. The zero-order valence-electron chi connectivity index (χ0n) is 14.8. The Bertz CT molecular complexity index is 763. The van der Waals surface area contributed by atoms with Crippen molar-refractivity contribution in [2.75, 3.05) is 31.6 Å². The van der Waals surface area contributed by atoms with Crippen molar-refractivity contribution in [2.24, 2.45) is 0 Å². The lowest BCUT2D eigenvalue weighted by molar-refractivity contribution is -0.117. The summed E-state index contributed by atoms with van der Waals surface area (Å²) < 4.78 is 11.1. The second kappa shape index (κ2) is 7.79. The molecule has 1 N–H and O–H groups in total. The highest BCUT2D eigenvalue weighted by Gasteiger charge is 2.26. The molecule has 1 saturated heterocycles. The third-order valence-electron chi connectivity index (χ3n) is 4.99. The number of anilines is 1. The van der Waals surface area contributed by atoms with Crippen LogP contribution in [-0.4, -0.2) is 43.2 Å². The molecule has 5 nitrogen and oxygen atoms in total. The zero-order chi connectivity index (χ0) is 17.8. The third-order valence-corrected chi connectivity index (χ3v) is 4.99. The average Bonchev–Trinajstić information content (AvgIpc) is 3.09. The highest BCUT2D eigenvalue weighted by atomic mass is 16.6. The number of carbonyl (C=O) groups excluding carboxylic acids is 1. The van der Waals surface area contributed by atoms with Gasteiger partial charge in [0.2, 0.25) is 5.91 Å². The van der Waals surface area contributed by atoms with Gasteiger partial charge >= 0.3 is 0 Å². The molecule has 0 aliphatic carbocycles. The van der Waals surface area contributed by atoms with Crippen molar-refractivity contribution in [3.8, 4) is 11.5 Å². The van der Waals surface area contributed by atoms with Gasteiger partial charge in [-0.05, 0) is 43.5 Å². The standard InChI is InChI=1S/C21H24N2O3/c24-21(22-17-8-9-19-20(14-17)26-12-11-25-19)15-23-10-4-7-18(23)13-16-5-2-1-3-6-16/h1-3,5-6,8-9,14,18H,4,7,10-13,15H2,(H,22,24)/t18-/m0/s1. The molecule has 5 heteroatoms. The Morgan fingerprint density at radius 2 is 1.88 bits per heavy atom. The molecule has 2 aromatic carbocycles. The first kappa shape index (κ1) is 16.9. The molecule has 2 heterocycles. The van der Waals surface area contributed by atoms with E-state index in [1.807, 2.05) is 24.3 Å². The van der Waals surface area contributed by atoms with E-state index in [0.717, 1.165) is 37.2 Å². The molecule has 2 aliphatic heterocycles. The van der Waals surface area contributed by atoms with E-state index in [1.165, 1.54) is 5.56 Å². The summed E-state index contributed by atoms with van der Waals surface area (Å²) in [5.74, 6) is 1.44. The summed E-state index contributed by atoms with van der Waals surface area (Å²) in [6, 6.07) is 16.5. The predicted octanol–water partition coefficient (Wildman–Crippen LogP) is 3.10. The Balaban J connectivity index is 1.35. The molecule has 4 rings (SSSR count). The largest absolute Gasteiger partial charge is 0.486 e. The minimum Gasteiger partial charge on any atom is -0.486 e. The summed E-state index contributed by atoms with van der Waals surface area (Å²) in [4.78, 5) is 14.8. The summed E-state index contributed by atoms with van der Waals surface area (Å²) in [5, 5.41) is 2.99. The van der Waals surface area contributed by atoms with E-state index in [-0.39, 0.29) is 5.91 Å². The number of hydrogen-bond acceptors (Lipinski definition) is 4. The first-order valence-electron chi connectivity index (χ1n) is 9.25. The summed E-state index contributed by atoms with van der Waals surface area (Å²) in [6.45, 7) is 2.51. The number of rotatable bonds is 5. The molecule has 1 fully saturated rings. The Morgan fingerprint density at radius 3 is 2.73 bits per heavy atom. The van der Waals surface area contributed by atoms with Crippen LogP contribution in [0.3, 0.4) is 0 Å². The van der Waals surface area contributed by atoms with Crippen molar-refractivity contribution in [3.05, 3.63) is 54.1 Å². The van der Waals surface area contributed by atoms with E-state index >= 15 is 0 Å². The smallest absolute Gasteiger partial charge is 0.238 e. The van der Waals surface area contributed by atoms with Crippen LogP contribution in [-0.2, 0) is 11.2 Å². The van der Waals surface area contributed by atoms with Gasteiger partial charge in [-0.1, -0.05) is 30.3 Å². The number of benzene rings is 2. The molecule has 0 bridgehead atoms. The van der Waals surface area contributed by atoms with Crippen molar-refractivity contribution in [3.63, 3.8) is 0 Å². The second-order valence-electron chi connectivity index (χ2n) is 6.86. The minimum absolute atomic E-state index is 0.0154. The van der Waals surface area contributed by atoms with E-state index in [4.69, 9.17) is 9.47 Å². The maximum atomic E-state index is 12.5. The molecule has 26 heavy (non-hydrogen) atoms. The van der Waals surface area contributed by atoms with E-state index < -0.39 is 0 Å². The van der Waals surface area contributed by atoms with E-state index in [0.29, 0.717) is 31.5 Å². The predicted molar refractivity (Wildman–Crippen MR) is 101 cm³/mol. The number of carbonyl (C=O) groups is 1. The van der Waals surface area contributed by atoms with Crippen molar-refractivity contribution < 1.29 is 14.3 Å². The highest BCUT2D eigenvalue weighted by Crippen LogP contribution is 2.32. The van der Waals surface area contributed by atoms with Crippen molar-refractivity contribution in [2.45, 2.75) is 25.3 Å². The number of hydrogen-bond donors (Lipinski definition) is 1. The van der Waals surface area contributed by atoms with Gasteiger partial charge < -0.3 is 14.8 Å². The van der Waals surface area contributed by atoms with Gasteiger partial charge in [0.1, 0.15) is 13.2 Å². The molecule has 1 amide bonds. The van der Waals surface area contributed by atoms with Gasteiger partial charge in [0.25, 0.3) is 0 Å². The third kappa shape index (κ3) is 3.99. The van der Waals surface area contributed by atoms with Gasteiger partial charge in [-0.15, -0.1) is 0 Å². The van der Waals surface area contributed by atoms with Crippen molar-refractivity contribution >= 4 is 11.6 Å². The molecule has 0 radical (unpaired) electrons. The molecular formula is C21H24N2O3. The summed E-state index contributed by atoms with van der Waals surface area (Å²) >= 11 is 0. The SMILES string of the molecule is O=C(CN1CCC[C@H]1Cc1ccccc1)Nc1ccc2c(c1)OCCO2. The molecule has 2 aromatic rings. The van der Waals surface area contributed by atoms with Crippen LogP contribution in [0.2, 0.25) is 0 Å². The molecular weight excluding hydrogens is 328 g/mol. The highest BCUT2D eigenvalue weighted by molar-refractivity contribution is 5.92. The summed E-state index contributed by atoms with van der Waals surface area (Å²) in [5.41, 5.74) is 2.08. The van der Waals surface area contributed by atoms with Gasteiger partial charge in [-0.3, -0.25) is 9.69 Å². The molecule has 0 aromatic heterocycles. The molecule has 0 saturated carbocycles. The molecule has 1 atom stereocenters. The fourth-order valence-corrected chi connectivity index (χ4v) is 3.73. The van der Waals surface area contributed by atoms with Gasteiger partial charge in [0.15, 0.2) is 11.5 Å². The van der Waals surface area contributed by atoms with Crippen molar-refractivity contribution in [1.29, 1.82) is 0 Å². The lowest BCUT2D eigenvalue weighted by Gasteiger charge is -2.24. The van der Waals surface area contributed by atoms with Gasteiger partial charge in [0.05, 0.1) is 6.54 Å². The lowest BCUT2D eigenvalue weighted by atomic mass is 10.0. The van der Waals surface area contributed by atoms with Gasteiger partial charge in [-0.25, -0.2) is 0 Å². The van der Waals surface area contributed by atoms with Crippen LogP contribution in [0.25, 0.3) is 0 Å². The number of nitrogens with zero attached hydrogens (tertiary/aromatic N) is 1. The maximum absolute atomic E-state index is 12.5. The van der Waals surface area contributed by atoms with Gasteiger partial charge in [0, 0.05) is 17.8 Å². The molecule has 2 aliphatic rings. The fourth-order valence-electron chi connectivity index (χ4n) is 3.73. The number of amides is 1. The Labute approximate surface area is 153 Å². The summed E-state index contributed by atoms with van der Waals surface area (Å²) in [7, 11) is 0. The lowest BCUT2D eigenvalue weighted by Crippen LogP contribution is -2.37. The van der Waals surface area contributed by atoms with Crippen LogP contribution in [0.1, 0.15) is 18.4 Å². The maximum Gasteiger partial charge on any atom is 0.238 e. The first-order valence-corrected chi connectivity index (χ1v) is 9.25. The zero-order valence-corrected chi connectivity index (χ0v) is 14.8. The molecule has 0 unspecified atom stereocenters. The normalized spacial score (nSPS) is 19.3. The van der Waals surface area contributed by atoms with Crippen LogP contribution in [0.5, 0.6) is 11.5 Å². The van der Waals surface area contributed by atoms with Crippen LogP contribution in [0, 0.1) is 0 Å². The van der Waals surface area contributed by atoms with Crippen LogP contribution in [0.15, 0.2) is 48.5 Å². The first-order chi connectivity index (χ1) is 12.8. The Kier molecular flexibility index (Phi) is 5.07. The molecule has 0 spiro atoms. The molecule has 136 valence electrons. The average molecular weight is 352 g/mol. The second-order valence-corrected chi connectivity index (χ2v) is 6.86. The summed E-state index contributed by atoms with van der Waals surface area (Å²) in [6.07, 6.45) is 3.29. The Hall–Kier alpha value is -2.53. The van der Waals surface area contributed by atoms with Crippen molar-refractivity contribution in [1.82, 2.24) is 4.90 Å². The number of ether oxygens (including phenoxy) is 2. The van der Waals surface area contributed by atoms with Crippen LogP contribution >= 0.6 is 0 Å². The number of nitrogens with one attached hydrogen (secondary N) is 1. The Morgan fingerprint density at radius 1 is 1.08 bits per heavy atom. The monoisotopic (exact) mass is 352 g/mol. The quantitative estimate of drug-likeness (QED) is 0.898. The van der Waals surface area contributed by atoms with Crippen LogP contribution < -0.4 is 14.8 Å². The van der Waals surface area contributed by atoms with E-state index in [2.05, 4.69) is 34.5 Å². The number of likely N-dealkylation sites (tertiary alicyclic amines) is 1. The minimum atomic E-state index is 0.0154. The van der Waals surface area contributed by atoms with Crippen LogP contribution in [0.4, 0.5) is 5.69 Å². The fraction of sp³-hybridized carbons (Fsp3) is 0.381. The van der Waals surface area contributed by atoms with Gasteiger partial charge in [-0.2, -0.15) is 0 Å². The van der Waals surface area contributed by atoms with E-state index in [9.17, 15) is 4.79 Å². The topological polar surface area (TPSA) is 50.8 Å².